The molecule has 0 bridgehead atoms. The summed E-state index contributed by atoms with van der Waals surface area (Å²) in [6.45, 7) is 0. The van der Waals surface area contributed by atoms with Gasteiger partial charge >= 0.3 is 0 Å². The molecule has 12 aromatic rings. The summed E-state index contributed by atoms with van der Waals surface area (Å²) in [5, 5.41) is 7.69. The average Bonchev–Trinajstić information content (AvgIpc) is 3.95. The van der Waals surface area contributed by atoms with Gasteiger partial charge in [-0.1, -0.05) is 140 Å². The Kier molecular flexibility index (Phi) is 7.13. The Bertz CT molecular complexity index is 3390. The highest BCUT2D eigenvalue weighted by molar-refractivity contribution is 7.25. The van der Waals surface area contributed by atoms with Gasteiger partial charge in [0.15, 0.2) is 0 Å². The summed E-state index contributed by atoms with van der Waals surface area (Å²) >= 11 is 1.86. The lowest BCUT2D eigenvalue weighted by atomic mass is 9.96. The summed E-state index contributed by atoms with van der Waals surface area (Å²) < 4.78 is 5.12. The van der Waals surface area contributed by atoms with Crippen molar-refractivity contribution >= 4 is 86.7 Å². The van der Waals surface area contributed by atoms with E-state index in [4.69, 9.17) is 0 Å². The van der Waals surface area contributed by atoms with Crippen molar-refractivity contribution in [2.24, 2.45) is 0 Å². The molecule has 0 amide bonds. The molecule has 57 heavy (non-hydrogen) atoms. The number of hydrogen-bond acceptors (Lipinski definition) is 2. The minimum Gasteiger partial charge on any atom is -0.310 e. The SMILES string of the molecule is c1ccc(-c2cc(-c3ccccc3)cc(N(c3ccc(-c4ccc5sc6ccccc6c5c4)cc3)c3ccc4c5ccccc5n5c6ccccc6c3c45)c2)cc1. The molecule has 3 heteroatoms. The van der Waals surface area contributed by atoms with Gasteiger partial charge in [0.2, 0.25) is 0 Å². The highest BCUT2D eigenvalue weighted by atomic mass is 32.1. The van der Waals surface area contributed by atoms with Crippen LogP contribution in [0.5, 0.6) is 0 Å². The molecule has 0 saturated heterocycles. The van der Waals surface area contributed by atoms with Gasteiger partial charge in [0.05, 0.1) is 22.2 Å². The van der Waals surface area contributed by atoms with E-state index in [1.165, 1.54) is 91.6 Å². The number of nitrogens with zero attached hydrogens (tertiary/aromatic N) is 2. The molecule has 3 aromatic heterocycles. The normalized spacial score (nSPS) is 11.9. The van der Waals surface area contributed by atoms with Crippen LogP contribution in [0.25, 0.3) is 91.6 Å². The van der Waals surface area contributed by atoms with Crippen LogP contribution in [0.15, 0.2) is 206 Å². The molecule has 0 aliphatic heterocycles. The maximum absolute atomic E-state index is 2.48. The van der Waals surface area contributed by atoms with E-state index < -0.39 is 0 Å². The van der Waals surface area contributed by atoms with Crippen LogP contribution in [-0.4, -0.2) is 4.40 Å². The fraction of sp³-hybridized carbons (Fsp3) is 0. The number of aromatic nitrogens is 1. The van der Waals surface area contributed by atoms with Crippen LogP contribution in [0.3, 0.4) is 0 Å². The zero-order valence-electron chi connectivity index (χ0n) is 30.9. The Balaban J connectivity index is 1.12. The van der Waals surface area contributed by atoms with E-state index in [9.17, 15) is 0 Å². The van der Waals surface area contributed by atoms with Gasteiger partial charge in [-0.15, -0.1) is 11.3 Å². The second kappa shape index (κ2) is 12.7. The van der Waals surface area contributed by atoms with Gasteiger partial charge in [-0.2, -0.15) is 0 Å². The molecule has 0 spiro atoms. The molecule has 0 saturated carbocycles. The van der Waals surface area contributed by atoms with Crippen LogP contribution in [0.1, 0.15) is 0 Å². The van der Waals surface area contributed by atoms with Crippen LogP contribution >= 0.6 is 11.3 Å². The number of para-hydroxylation sites is 2. The van der Waals surface area contributed by atoms with E-state index >= 15 is 0 Å². The Morgan fingerprint density at radius 3 is 1.61 bits per heavy atom. The van der Waals surface area contributed by atoms with Crippen LogP contribution in [0.2, 0.25) is 0 Å². The van der Waals surface area contributed by atoms with E-state index in [0.717, 1.165) is 17.1 Å². The van der Waals surface area contributed by atoms with Gasteiger partial charge in [-0.25, -0.2) is 0 Å². The fourth-order valence-electron chi connectivity index (χ4n) is 9.10. The maximum Gasteiger partial charge on any atom is 0.0641 e. The highest BCUT2D eigenvalue weighted by Gasteiger charge is 2.24. The Morgan fingerprint density at radius 1 is 0.333 bits per heavy atom. The van der Waals surface area contributed by atoms with E-state index in [-0.39, 0.29) is 0 Å². The van der Waals surface area contributed by atoms with Gasteiger partial charge in [-0.3, -0.25) is 0 Å². The standard InChI is InChI=1S/C54H34N2S/c1-3-13-35(14-4-1)39-31-40(36-15-5-2-6-16-36)33-42(32-39)55(41-26-23-37(24-27-41)38-25-30-52-47(34-38)44-18-9-12-22-51(44)57-52)50-29-28-45-43-17-7-10-20-48(43)56-49-21-11-8-19-46(49)53(50)54(45)56/h1-34H. The number of thiophene rings is 1. The summed E-state index contributed by atoms with van der Waals surface area (Å²) in [6, 6.07) is 75.8. The van der Waals surface area contributed by atoms with E-state index in [1.54, 1.807) is 0 Å². The van der Waals surface area contributed by atoms with Crippen molar-refractivity contribution in [2.75, 3.05) is 4.90 Å². The number of fused-ring (bicyclic) bond motifs is 9. The molecule has 2 nitrogen and oxygen atoms in total. The summed E-state index contributed by atoms with van der Waals surface area (Å²) in [5.41, 5.74) is 14.2. The van der Waals surface area contributed by atoms with E-state index in [2.05, 4.69) is 216 Å². The topological polar surface area (TPSA) is 7.65 Å². The molecule has 0 radical (unpaired) electrons. The van der Waals surface area contributed by atoms with Crippen molar-refractivity contribution in [2.45, 2.75) is 0 Å². The molecule has 12 rings (SSSR count). The molecular formula is C54H34N2S. The molecule has 0 unspecified atom stereocenters. The van der Waals surface area contributed by atoms with Gasteiger partial charge in [-0.05, 0) is 100 Å². The maximum atomic E-state index is 2.48. The number of benzene rings is 9. The van der Waals surface area contributed by atoms with Crippen molar-refractivity contribution < 1.29 is 0 Å². The van der Waals surface area contributed by atoms with Gasteiger partial charge in [0.25, 0.3) is 0 Å². The molecule has 0 aliphatic rings. The third-order valence-corrected chi connectivity index (χ3v) is 12.8. The van der Waals surface area contributed by atoms with Crippen LogP contribution in [0, 0.1) is 0 Å². The van der Waals surface area contributed by atoms with Crippen molar-refractivity contribution in [1.29, 1.82) is 0 Å². The lowest BCUT2D eigenvalue weighted by Crippen LogP contribution is -2.11. The summed E-state index contributed by atoms with van der Waals surface area (Å²) in [7, 11) is 0. The Morgan fingerprint density at radius 2 is 0.895 bits per heavy atom. The summed E-state index contributed by atoms with van der Waals surface area (Å²) in [6.07, 6.45) is 0. The first-order valence-electron chi connectivity index (χ1n) is 19.5. The summed E-state index contributed by atoms with van der Waals surface area (Å²) in [4.78, 5) is 2.48. The molecule has 0 fully saturated rings. The molecule has 3 heterocycles. The van der Waals surface area contributed by atoms with Crippen LogP contribution < -0.4 is 4.90 Å². The van der Waals surface area contributed by atoms with Crippen molar-refractivity contribution in [3.8, 4) is 33.4 Å². The predicted octanol–water partition coefficient (Wildman–Crippen LogP) is 15.7. The number of anilines is 3. The van der Waals surface area contributed by atoms with Crippen molar-refractivity contribution in [1.82, 2.24) is 4.40 Å². The quantitative estimate of drug-likeness (QED) is 0.165. The second-order valence-electron chi connectivity index (χ2n) is 14.9. The third kappa shape index (κ3) is 5.03. The lowest BCUT2D eigenvalue weighted by Gasteiger charge is -2.28. The van der Waals surface area contributed by atoms with E-state index in [1.807, 2.05) is 11.3 Å². The lowest BCUT2D eigenvalue weighted by molar-refractivity contribution is 1.30. The zero-order valence-corrected chi connectivity index (χ0v) is 31.7. The smallest absolute Gasteiger partial charge is 0.0641 e. The molecular weight excluding hydrogens is 709 g/mol. The molecule has 0 N–H and O–H groups in total. The van der Waals surface area contributed by atoms with Gasteiger partial charge in [0, 0.05) is 53.1 Å². The van der Waals surface area contributed by atoms with Gasteiger partial charge in [0.1, 0.15) is 0 Å². The summed E-state index contributed by atoms with van der Waals surface area (Å²) in [5.74, 6) is 0. The van der Waals surface area contributed by atoms with Crippen molar-refractivity contribution in [3.63, 3.8) is 0 Å². The molecule has 0 aliphatic carbocycles. The first-order chi connectivity index (χ1) is 28.3. The van der Waals surface area contributed by atoms with Crippen LogP contribution in [-0.2, 0) is 0 Å². The average molecular weight is 743 g/mol. The van der Waals surface area contributed by atoms with Gasteiger partial charge < -0.3 is 9.30 Å². The van der Waals surface area contributed by atoms with Crippen molar-refractivity contribution in [3.05, 3.63) is 206 Å². The Hall–Kier alpha value is -7.20. The molecule has 9 aromatic carbocycles. The minimum absolute atomic E-state index is 1.10. The first kappa shape index (κ1) is 32.1. The minimum atomic E-state index is 1.10. The number of rotatable bonds is 6. The highest BCUT2D eigenvalue weighted by Crippen LogP contribution is 2.48. The first-order valence-corrected chi connectivity index (χ1v) is 20.3. The van der Waals surface area contributed by atoms with Crippen LogP contribution in [0.4, 0.5) is 17.1 Å². The second-order valence-corrected chi connectivity index (χ2v) is 16.0. The van der Waals surface area contributed by atoms with E-state index in [0.29, 0.717) is 0 Å². The predicted molar refractivity (Wildman–Crippen MR) is 245 cm³/mol. The third-order valence-electron chi connectivity index (χ3n) is 11.7. The zero-order chi connectivity index (χ0) is 37.5. The monoisotopic (exact) mass is 742 g/mol. The molecule has 266 valence electrons. The number of hydrogen-bond donors (Lipinski definition) is 0. The fourth-order valence-corrected chi connectivity index (χ4v) is 10.2. The largest absolute Gasteiger partial charge is 0.310 e. The molecule has 0 atom stereocenters. The Labute approximate surface area is 334 Å².